The third-order valence-electron chi connectivity index (χ3n) is 6.46. The third-order valence-corrected chi connectivity index (χ3v) is 6.46. The van der Waals surface area contributed by atoms with E-state index in [1.54, 1.807) is 11.1 Å². The molecular formula is C20H29NO. The first kappa shape index (κ1) is 14.6. The molecule has 2 nitrogen and oxygen atoms in total. The van der Waals surface area contributed by atoms with E-state index in [0.717, 1.165) is 17.7 Å². The Kier molecular flexibility index (Phi) is 3.48. The van der Waals surface area contributed by atoms with Crippen LogP contribution in [0.3, 0.4) is 0 Å². The molecule has 1 heterocycles. The molecule has 0 aromatic heterocycles. The van der Waals surface area contributed by atoms with Gasteiger partial charge in [-0.1, -0.05) is 18.9 Å². The Balaban J connectivity index is 1.80. The molecule has 3 aliphatic rings. The van der Waals surface area contributed by atoms with Crippen molar-refractivity contribution in [1.82, 2.24) is 4.90 Å². The molecule has 1 saturated heterocycles. The fraction of sp³-hybridized carbons (Fsp3) is 0.700. The Bertz CT molecular complexity index is 567. The molecule has 120 valence electrons. The van der Waals surface area contributed by atoms with E-state index in [0.29, 0.717) is 5.41 Å². The van der Waals surface area contributed by atoms with E-state index in [2.05, 4.69) is 44.0 Å². The van der Waals surface area contributed by atoms with Crippen LogP contribution in [0, 0.1) is 5.92 Å². The first-order chi connectivity index (χ1) is 10.6. The van der Waals surface area contributed by atoms with E-state index in [9.17, 15) is 0 Å². The van der Waals surface area contributed by atoms with Crippen molar-refractivity contribution in [3.63, 3.8) is 0 Å². The summed E-state index contributed by atoms with van der Waals surface area (Å²) in [6, 6.07) is 7.70. The lowest BCUT2D eigenvalue weighted by Crippen LogP contribution is -2.59. The normalized spacial score (nSPS) is 34.2. The summed E-state index contributed by atoms with van der Waals surface area (Å²) in [6.07, 6.45) is 8.47. The number of hydrogen-bond acceptors (Lipinski definition) is 2. The van der Waals surface area contributed by atoms with Gasteiger partial charge in [0.1, 0.15) is 5.75 Å². The van der Waals surface area contributed by atoms with Gasteiger partial charge in [0.2, 0.25) is 0 Å². The lowest BCUT2D eigenvalue weighted by molar-refractivity contribution is 0.00266. The highest BCUT2D eigenvalue weighted by Gasteiger charge is 2.53. The van der Waals surface area contributed by atoms with E-state index in [4.69, 9.17) is 4.74 Å². The van der Waals surface area contributed by atoms with Gasteiger partial charge in [0, 0.05) is 11.5 Å². The zero-order valence-corrected chi connectivity index (χ0v) is 14.3. The number of piperidine rings is 1. The minimum Gasteiger partial charge on any atom is -0.491 e. The van der Waals surface area contributed by atoms with Crippen LogP contribution in [0.5, 0.6) is 5.75 Å². The average Bonchev–Trinajstić information content (AvgIpc) is 2.51. The standard InChI is InChI=1S/C20H29NO/c1-14(2)22-16-8-7-15-12-19-17-6-4-5-9-20(17,18(15)13-16)10-11-21(19)3/h7-8,13-14,17,19H,4-6,9-12H2,1-3H3/t17-,19-,20+/m1/s1. The lowest BCUT2D eigenvalue weighted by Gasteiger charge is -2.58. The molecule has 0 spiro atoms. The van der Waals surface area contributed by atoms with Crippen molar-refractivity contribution >= 4 is 0 Å². The highest BCUT2D eigenvalue weighted by molar-refractivity contribution is 5.45. The summed E-state index contributed by atoms with van der Waals surface area (Å²) in [5, 5.41) is 0. The Labute approximate surface area is 134 Å². The van der Waals surface area contributed by atoms with Crippen LogP contribution >= 0.6 is 0 Å². The summed E-state index contributed by atoms with van der Waals surface area (Å²) in [4.78, 5) is 2.63. The molecule has 2 fully saturated rings. The van der Waals surface area contributed by atoms with E-state index in [1.807, 2.05) is 0 Å². The van der Waals surface area contributed by atoms with E-state index >= 15 is 0 Å². The molecule has 0 N–H and O–H groups in total. The van der Waals surface area contributed by atoms with Crippen molar-refractivity contribution < 1.29 is 4.74 Å². The number of hydrogen-bond donors (Lipinski definition) is 0. The maximum atomic E-state index is 6.01. The van der Waals surface area contributed by atoms with Crippen molar-refractivity contribution in [2.24, 2.45) is 5.92 Å². The average molecular weight is 299 g/mol. The molecule has 0 unspecified atom stereocenters. The molecule has 1 aliphatic heterocycles. The smallest absolute Gasteiger partial charge is 0.119 e. The minimum absolute atomic E-state index is 0.256. The number of benzene rings is 1. The summed E-state index contributed by atoms with van der Waals surface area (Å²) >= 11 is 0. The van der Waals surface area contributed by atoms with Crippen LogP contribution in [0.4, 0.5) is 0 Å². The molecule has 3 atom stereocenters. The number of likely N-dealkylation sites (tertiary alicyclic amines) is 1. The molecular weight excluding hydrogens is 270 g/mol. The van der Waals surface area contributed by atoms with E-state index in [1.165, 1.54) is 45.1 Å². The van der Waals surface area contributed by atoms with Gasteiger partial charge in [-0.05, 0) is 82.3 Å². The summed E-state index contributed by atoms with van der Waals surface area (Å²) < 4.78 is 6.01. The molecule has 0 radical (unpaired) electrons. The SMILES string of the molecule is CC(C)Oc1ccc2c(c1)[C@]13CCCC[C@@H]1[C@@H](C2)N(C)CC3. The van der Waals surface area contributed by atoms with Crippen molar-refractivity contribution in [2.45, 2.75) is 69.9 Å². The fourth-order valence-corrected chi connectivity index (χ4v) is 5.52. The Morgan fingerprint density at radius 3 is 2.91 bits per heavy atom. The van der Waals surface area contributed by atoms with Crippen LogP contribution < -0.4 is 4.74 Å². The molecule has 1 aromatic rings. The van der Waals surface area contributed by atoms with Crippen LogP contribution in [-0.2, 0) is 11.8 Å². The van der Waals surface area contributed by atoms with Crippen LogP contribution in [0.2, 0.25) is 0 Å². The molecule has 4 rings (SSSR count). The first-order valence-corrected chi connectivity index (χ1v) is 9.10. The second kappa shape index (κ2) is 5.26. The Hall–Kier alpha value is -1.02. The fourth-order valence-electron chi connectivity index (χ4n) is 5.52. The Morgan fingerprint density at radius 1 is 1.23 bits per heavy atom. The van der Waals surface area contributed by atoms with E-state index in [-0.39, 0.29) is 6.10 Å². The summed E-state index contributed by atoms with van der Waals surface area (Å²) in [6.45, 7) is 5.50. The van der Waals surface area contributed by atoms with Crippen molar-refractivity contribution in [2.75, 3.05) is 13.6 Å². The quantitative estimate of drug-likeness (QED) is 0.813. The molecule has 2 bridgehead atoms. The van der Waals surface area contributed by atoms with Gasteiger partial charge < -0.3 is 9.64 Å². The largest absolute Gasteiger partial charge is 0.491 e. The summed E-state index contributed by atoms with van der Waals surface area (Å²) in [5.41, 5.74) is 3.67. The predicted molar refractivity (Wildman–Crippen MR) is 90.6 cm³/mol. The summed E-state index contributed by atoms with van der Waals surface area (Å²) in [5.74, 6) is 1.94. The highest BCUT2D eigenvalue weighted by atomic mass is 16.5. The van der Waals surface area contributed by atoms with Gasteiger partial charge in [-0.3, -0.25) is 0 Å². The maximum absolute atomic E-state index is 6.01. The third kappa shape index (κ3) is 2.11. The van der Waals surface area contributed by atoms with Crippen LogP contribution in [-0.4, -0.2) is 30.6 Å². The van der Waals surface area contributed by atoms with Gasteiger partial charge in [-0.25, -0.2) is 0 Å². The van der Waals surface area contributed by atoms with Crippen molar-refractivity contribution in [3.8, 4) is 5.75 Å². The number of likely N-dealkylation sites (N-methyl/N-ethyl adjacent to an activating group) is 1. The topological polar surface area (TPSA) is 12.5 Å². The summed E-state index contributed by atoms with van der Waals surface area (Å²) in [7, 11) is 2.34. The predicted octanol–water partition coefficient (Wildman–Crippen LogP) is 4.16. The van der Waals surface area contributed by atoms with Crippen molar-refractivity contribution in [3.05, 3.63) is 29.3 Å². The van der Waals surface area contributed by atoms with Crippen molar-refractivity contribution in [1.29, 1.82) is 0 Å². The van der Waals surface area contributed by atoms with Gasteiger partial charge in [-0.15, -0.1) is 0 Å². The van der Waals surface area contributed by atoms with Crippen LogP contribution in [0.15, 0.2) is 18.2 Å². The van der Waals surface area contributed by atoms with E-state index < -0.39 is 0 Å². The molecule has 2 aliphatic carbocycles. The van der Waals surface area contributed by atoms with Gasteiger partial charge in [0.15, 0.2) is 0 Å². The second-order valence-electron chi connectivity index (χ2n) is 8.00. The minimum atomic E-state index is 0.256. The lowest BCUT2D eigenvalue weighted by atomic mass is 9.52. The van der Waals surface area contributed by atoms with Gasteiger partial charge in [-0.2, -0.15) is 0 Å². The number of ether oxygens (including phenoxy) is 1. The molecule has 2 heteroatoms. The number of nitrogens with zero attached hydrogens (tertiary/aromatic N) is 1. The number of fused-ring (bicyclic) bond motifs is 1. The van der Waals surface area contributed by atoms with Crippen LogP contribution in [0.1, 0.15) is 57.1 Å². The van der Waals surface area contributed by atoms with Crippen LogP contribution in [0.25, 0.3) is 0 Å². The first-order valence-electron chi connectivity index (χ1n) is 9.10. The molecule has 1 saturated carbocycles. The Morgan fingerprint density at radius 2 is 2.09 bits per heavy atom. The maximum Gasteiger partial charge on any atom is 0.119 e. The number of rotatable bonds is 2. The second-order valence-corrected chi connectivity index (χ2v) is 8.00. The van der Waals surface area contributed by atoms with Gasteiger partial charge >= 0.3 is 0 Å². The molecule has 0 amide bonds. The zero-order chi connectivity index (χ0) is 15.3. The van der Waals surface area contributed by atoms with Gasteiger partial charge in [0.25, 0.3) is 0 Å². The molecule has 22 heavy (non-hydrogen) atoms. The van der Waals surface area contributed by atoms with Gasteiger partial charge in [0.05, 0.1) is 6.10 Å². The monoisotopic (exact) mass is 299 g/mol. The molecule has 1 aromatic carbocycles. The highest BCUT2D eigenvalue weighted by Crippen LogP contribution is 2.55. The zero-order valence-electron chi connectivity index (χ0n) is 14.3.